The van der Waals surface area contributed by atoms with Gasteiger partial charge >= 0.3 is 0 Å². The van der Waals surface area contributed by atoms with Gasteiger partial charge in [-0.3, -0.25) is 4.79 Å². The van der Waals surface area contributed by atoms with Crippen LogP contribution in [-0.4, -0.2) is 12.7 Å². The Morgan fingerprint density at radius 3 is 2.71 bits per heavy atom. The fourth-order valence-corrected chi connectivity index (χ4v) is 2.24. The van der Waals surface area contributed by atoms with E-state index >= 15 is 0 Å². The topological polar surface area (TPSA) is 17.1 Å². The Labute approximate surface area is 102 Å². The minimum absolute atomic E-state index is 0.0360. The third-order valence-electron chi connectivity index (χ3n) is 3.42. The van der Waals surface area contributed by atoms with Crippen LogP contribution >= 0.6 is 0 Å². The maximum Gasteiger partial charge on any atom is 0.259 e. The Hall–Kier alpha value is -0.990. The van der Waals surface area contributed by atoms with Crippen molar-refractivity contribution < 1.29 is 13.6 Å². The molecule has 0 bridgehead atoms. The van der Waals surface area contributed by atoms with Crippen LogP contribution < -0.4 is 0 Å². The molecular weight excluding hydrogens is 222 g/mol. The van der Waals surface area contributed by atoms with Gasteiger partial charge in [0.25, 0.3) is 6.43 Å². The van der Waals surface area contributed by atoms with Gasteiger partial charge in [0.15, 0.2) is 0 Å². The Balaban J connectivity index is 2.68. The molecule has 1 aliphatic rings. The van der Waals surface area contributed by atoms with Crippen LogP contribution in [0.2, 0.25) is 0 Å². The third kappa shape index (κ3) is 4.06. The van der Waals surface area contributed by atoms with E-state index in [1.807, 2.05) is 0 Å². The zero-order valence-corrected chi connectivity index (χ0v) is 10.6. The van der Waals surface area contributed by atoms with Crippen LogP contribution in [0.1, 0.15) is 46.0 Å². The third-order valence-corrected chi connectivity index (χ3v) is 3.42. The molecule has 0 atom stereocenters. The first-order valence-electron chi connectivity index (χ1n) is 5.97. The number of carbonyl (C=O) groups is 1. The first-order valence-corrected chi connectivity index (χ1v) is 5.97. The maximum atomic E-state index is 12.3. The van der Waals surface area contributed by atoms with Crippen molar-refractivity contribution in [3.05, 3.63) is 23.3 Å². The summed E-state index contributed by atoms with van der Waals surface area (Å²) >= 11 is 0. The zero-order chi connectivity index (χ0) is 13.1. The molecule has 3 heteroatoms. The number of alkyl halides is 2. The van der Waals surface area contributed by atoms with Crippen molar-refractivity contribution in [3.8, 4) is 0 Å². The summed E-state index contributed by atoms with van der Waals surface area (Å²) in [5.41, 5.74) is 1.99. The summed E-state index contributed by atoms with van der Waals surface area (Å²) in [7, 11) is 0. The number of halogens is 2. The Bertz CT molecular complexity index is 340. The Morgan fingerprint density at radius 1 is 1.53 bits per heavy atom. The SMILES string of the molecule is C=C(CCC1=C(C=O)CCC(C)(C)C1)C(F)F. The van der Waals surface area contributed by atoms with Crippen LogP contribution in [0.3, 0.4) is 0 Å². The maximum absolute atomic E-state index is 12.3. The number of hydrogen-bond acceptors (Lipinski definition) is 1. The van der Waals surface area contributed by atoms with E-state index in [4.69, 9.17) is 0 Å². The molecule has 0 aromatic carbocycles. The van der Waals surface area contributed by atoms with Gasteiger partial charge < -0.3 is 0 Å². The molecule has 0 aromatic rings. The van der Waals surface area contributed by atoms with Gasteiger partial charge in [-0.15, -0.1) is 0 Å². The van der Waals surface area contributed by atoms with Crippen LogP contribution in [-0.2, 0) is 4.79 Å². The van der Waals surface area contributed by atoms with E-state index < -0.39 is 6.43 Å². The second-order valence-corrected chi connectivity index (χ2v) is 5.55. The summed E-state index contributed by atoms with van der Waals surface area (Å²) in [6, 6.07) is 0. The highest BCUT2D eigenvalue weighted by atomic mass is 19.3. The highest BCUT2D eigenvalue weighted by Crippen LogP contribution is 2.40. The zero-order valence-electron chi connectivity index (χ0n) is 10.6. The molecule has 17 heavy (non-hydrogen) atoms. The molecule has 96 valence electrons. The minimum Gasteiger partial charge on any atom is -0.298 e. The number of aldehydes is 1. The van der Waals surface area contributed by atoms with Gasteiger partial charge in [-0.25, -0.2) is 8.78 Å². The summed E-state index contributed by atoms with van der Waals surface area (Å²) in [4.78, 5) is 10.9. The summed E-state index contributed by atoms with van der Waals surface area (Å²) in [6.45, 7) is 7.66. The average molecular weight is 242 g/mol. The standard InChI is InChI=1S/C14H20F2O/c1-10(13(15)16)4-5-11-8-14(2,3)7-6-12(11)9-17/h9,13H,1,4-8H2,2-3H3. The molecule has 0 unspecified atom stereocenters. The molecule has 0 aromatic heterocycles. The molecule has 0 amide bonds. The molecular formula is C14H20F2O. The lowest BCUT2D eigenvalue weighted by atomic mass is 9.73. The molecule has 0 spiro atoms. The predicted octanol–water partition coefficient (Wildman–Crippen LogP) is 4.29. The lowest BCUT2D eigenvalue weighted by Gasteiger charge is -2.32. The number of allylic oxidation sites excluding steroid dienone is 3. The van der Waals surface area contributed by atoms with Crippen LogP contribution in [0.5, 0.6) is 0 Å². The molecule has 0 fully saturated rings. The molecule has 0 aliphatic heterocycles. The lowest BCUT2D eigenvalue weighted by molar-refractivity contribution is -0.105. The summed E-state index contributed by atoms with van der Waals surface area (Å²) in [5, 5.41) is 0. The summed E-state index contributed by atoms with van der Waals surface area (Å²) in [5.74, 6) is 0. The quantitative estimate of drug-likeness (QED) is 0.519. The van der Waals surface area contributed by atoms with Crippen molar-refractivity contribution in [1.29, 1.82) is 0 Å². The smallest absolute Gasteiger partial charge is 0.259 e. The number of rotatable bonds is 5. The Morgan fingerprint density at radius 2 is 2.18 bits per heavy atom. The second kappa shape index (κ2) is 5.56. The fourth-order valence-electron chi connectivity index (χ4n) is 2.24. The van der Waals surface area contributed by atoms with Crippen molar-refractivity contribution >= 4 is 6.29 Å². The largest absolute Gasteiger partial charge is 0.298 e. The van der Waals surface area contributed by atoms with Crippen molar-refractivity contribution in [2.24, 2.45) is 5.41 Å². The van der Waals surface area contributed by atoms with Gasteiger partial charge in [0, 0.05) is 0 Å². The van der Waals surface area contributed by atoms with Gasteiger partial charge in [0.05, 0.1) is 0 Å². The van der Waals surface area contributed by atoms with E-state index in [2.05, 4.69) is 20.4 Å². The molecule has 0 heterocycles. The van der Waals surface area contributed by atoms with E-state index in [1.54, 1.807) is 0 Å². The number of carbonyl (C=O) groups excluding carboxylic acids is 1. The monoisotopic (exact) mass is 242 g/mol. The first-order chi connectivity index (χ1) is 7.85. The van der Waals surface area contributed by atoms with E-state index in [0.717, 1.165) is 36.7 Å². The molecule has 1 nitrogen and oxygen atoms in total. The molecule has 1 aliphatic carbocycles. The molecule has 0 saturated heterocycles. The van der Waals surface area contributed by atoms with Gasteiger partial charge in [-0.1, -0.05) is 26.0 Å². The van der Waals surface area contributed by atoms with Crippen LogP contribution in [0, 0.1) is 5.41 Å². The predicted molar refractivity (Wildman–Crippen MR) is 65.1 cm³/mol. The lowest BCUT2D eigenvalue weighted by Crippen LogP contribution is -2.19. The normalized spacial score (nSPS) is 19.6. The summed E-state index contributed by atoms with van der Waals surface area (Å²) in [6.07, 6.45) is 1.84. The van der Waals surface area contributed by atoms with Crippen molar-refractivity contribution in [2.45, 2.75) is 52.4 Å². The second-order valence-electron chi connectivity index (χ2n) is 5.55. The first kappa shape index (κ1) is 14.1. The van der Waals surface area contributed by atoms with Gasteiger partial charge in [-0.05, 0) is 48.7 Å². The molecule has 0 N–H and O–H groups in total. The highest BCUT2D eigenvalue weighted by molar-refractivity contribution is 5.75. The molecule has 1 rings (SSSR count). The van der Waals surface area contributed by atoms with Gasteiger partial charge in [-0.2, -0.15) is 0 Å². The van der Waals surface area contributed by atoms with Gasteiger partial charge in [0.2, 0.25) is 0 Å². The van der Waals surface area contributed by atoms with Crippen molar-refractivity contribution in [2.75, 3.05) is 0 Å². The van der Waals surface area contributed by atoms with Crippen molar-refractivity contribution in [3.63, 3.8) is 0 Å². The fraction of sp³-hybridized carbons (Fsp3) is 0.643. The highest BCUT2D eigenvalue weighted by Gasteiger charge is 2.26. The van der Waals surface area contributed by atoms with Crippen LogP contribution in [0.4, 0.5) is 8.78 Å². The average Bonchev–Trinajstić information content (AvgIpc) is 2.24. The molecule has 0 radical (unpaired) electrons. The van der Waals surface area contributed by atoms with E-state index in [0.29, 0.717) is 6.42 Å². The van der Waals surface area contributed by atoms with Crippen molar-refractivity contribution in [1.82, 2.24) is 0 Å². The van der Waals surface area contributed by atoms with Crippen LogP contribution in [0.15, 0.2) is 23.3 Å². The van der Waals surface area contributed by atoms with Gasteiger partial charge in [0.1, 0.15) is 6.29 Å². The Kier molecular flexibility index (Phi) is 4.61. The minimum atomic E-state index is -2.45. The summed E-state index contributed by atoms with van der Waals surface area (Å²) < 4.78 is 24.7. The van der Waals surface area contributed by atoms with E-state index in [1.165, 1.54) is 0 Å². The van der Waals surface area contributed by atoms with E-state index in [-0.39, 0.29) is 17.4 Å². The molecule has 0 saturated carbocycles. The van der Waals surface area contributed by atoms with Crippen LogP contribution in [0.25, 0.3) is 0 Å². The van der Waals surface area contributed by atoms with E-state index in [9.17, 15) is 13.6 Å². The number of hydrogen-bond donors (Lipinski definition) is 0.